The predicted molar refractivity (Wildman–Crippen MR) is 92.2 cm³/mol. The van der Waals surface area contributed by atoms with Gasteiger partial charge in [0.1, 0.15) is 0 Å². The van der Waals surface area contributed by atoms with E-state index in [2.05, 4.69) is 15.6 Å². The molecule has 4 rings (SSSR count). The number of thiazole rings is 1. The lowest BCUT2D eigenvalue weighted by Gasteiger charge is -2.43. The van der Waals surface area contributed by atoms with Crippen molar-refractivity contribution >= 4 is 16.5 Å². The molecule has 3 aliphatic heterocycles. The Morgan fingerprint density at radius 1 is 1.26 bits per heavy atom. The molecule has 0 amide bonds. The predicted octanol–water partition coefficient (Wildman–Crippen LogP) is 2.56. The summed E-state index contributed by atoms with van der Waals surface area (Å²) in [6, 6.07) is 0.541. The van der Waals surface area contributed by atoms with Crippen LogP contribution in [0.2, 0.25) is 0 Å². The van der Waals surface area contributed by atoms with E-state index in [-0.39, 0.29) is 5.60 Å². The van der Waals surface area contributed by atoms with Crippen molar-refractivity contribution < 1.29 is 9.47 Å². The number of aromatic nitrogens is 1. The normalized spacial score (nSPS) is 27.7. The standard InChI is InChI=1S/C17H27N3O2S/c1-2-7-20(6-1)16-19-15(13-23-16)12-18-14-3-8-22-17(11-14)4-9-21-10-5-17/h13-14,18H,1-12H2/t14-/m1/s1. The monoisotopic (exact) mass is 337 g/mol. The molecule has 6 heteroatoms. The molecular weight excluding hydrogens is 310 g/mol. The van der Waals surface area contributed by atoms with Gasteiger partial charge >= 0.3 is 0 Å². The fourth-order valence-corrected chi connectivity index (χ4v) is 4.85. The summed E-state index contributed by atoms with van der Waals surface area (Å²) in [6.07, 6.45) is 6.91. The first-order valence-corrected chi connectivity index (χ1v) is 9.85. The number of nitrogens with zero attached hydrogens (tertiary/aromatic N) is 2. The zero-order chi connectivity index (χ0) is 15.5. The first-order chi connectivity index (χ1) is 11.3. The molecule has 1 spiro atoms. The Kier molecular flexibility index (Phi) is 4.85. The van der Waals surface area contributed by atoms with Crippen LogP contribution >= 0.6 is 11.3 Å². The zero-order valence-corrected chi connectivity index (χ0v) is 14.6. The topological polar surface area (TPSA) is 46.6 Å². The lowest BCUT2D eigenvalue weighted by atomic mass is 9.84. The first-order valence-electron chi connectivity index (χ1n) is 8.97. The molecule has 1 aromatic heterocycles. The van der Waals surface area contributed by atoms with Gasteiger partial charge in [-0.1, -0.05) is 0 Å². The smallest absolute Gasteiger partial charge is 0.185 e. The highest BCUT2D eigenvalue weighted by Gasteiger charge is 2.38. The number of ether oxygens (including phenoxy) is 2. The molecule has 1 atom stereocenters. The van der Waals surface area contributed by atoms with Crippen molar-refractivity contribution in [2.45, 2.75) is 56.7 Å². The van der Waals surface area contributed by atoms with Crippen molar-refractivity contribution in [3.63, 3.8) is 0 Å². The second-order valence-corrected chi connectivity index (χ2v) is 7.87. The van der Waals surface area contributed by atoms with Gasteiger partial charge in [0.25, 0.3) is 0 Å². The van der Waals surface area contributed by atoms with Crippen LogP contribution in [-0.4, -0.2) is 49.5 Å². The average Bonchev–Trinajstić information content (AvgIpc) is 3.25. The van der Waals surface area contributed by atoms with Gasteiger partial charge in [-0.05, 0) is 38.5 Å². The molecular formula is C17H27N3O2S. The van der Waals surface area contributed by atoms with Crippen LogP contribution in [0.15, 0.2) is 5.38 Å². The Hall–Kier alpha value is -0.690. The van der Waals surface area contributed by atoms with Crippen LogP contribution in [0.4, 0.5) is 5.13 Å². The third-order valence-corrected chi connectivity index (χ3v) is 6.34. The summed E-state index contributed by atoms with van der Waals surface area (Å²) >= 11 is 1.79. The summed E-state index contributed by atoms with van der Waals surface area (Å²) in [5.74, 6) is 0. The number of rotatable bonds is 4. The molecule has 4 heterocycles. The third kappa shape index (κ3) is 3.71. The molecule has 0 unspecified atom stereocenters. The van der Waals surface area contributed by atoms with Gasteiger partial charge in [-0.15, -0.1) is 11.3 Å². The van der Waals surface area contributed by atoms with Crippen LogP contribution in [0, 0.1) is 0 Å². The molecule has 0 aliphatic carbocycles. The van der Waals surface area contributed by atoms with Crippen LogP contribution in [0.1, 0.15) is 44.2 Å². The largest absolute Gasteiger partial charge is 0.381 e. The molecule has 1 aromatic rings. The molecule has 3 saturated heterocycles. The SMILES string of the molecule is c1sc(N2CCCC2)nc1CN[C@@H]1CCOC2(CCOCC2)C1. The molecule has 23 heavy (non-hydrogen) atoms. The van der Waals surface area contributed by atoms with Gasteiger partial charge < -0.3 is 19.7 Å². The molecule has 1 N–H and O–H groups in total. The van der Waals surface area contributed by atoms with Gasteiger partial charge in [0.05, 0.1) is 11.3 Å². The van der Waals surface area contributed by atoms with Crippen LogP contribution in [-0.2, 0) is 16.0 Å². The van der Waals surface area contributed by atoms with Crippen molar-refractivity contribution in [3.8, 4) is 0 Å². The van der Waals surface area contributed by atoms with Crippen LogP contribution in [0.5, 0.6) is 0 Å². The van der Waals surface area contributed by atoms with Gasteiger partial charge in [-0.25, -0.2) is 4.98 Å². The summed E-state index contributed by atoms with van der Waals surface area (Å²) in [7, 11) is 0. The Morgan fingerprint density at radius 2 is 2.09 bits per heavy atom. The summed E-state index contributed by atoms with van der Waals surface area (Å²) in [6.45, 7) is 5.78. The second kappa shape index (κ2) is 7.05. The fourth-order valence-electron chi connectivity index (χ4n) is 3.97. The Bertz CT molecular complexity index is 504. The molecule has 0 saturated carbocycles. The number of hydrogen-bond donors (Lipinski definition) is 1. The van der Waals surface area contributed by atoms with Crippen LogP contribution in [0.25, 0.3) is 0 Å². The van der Waals surface area contributed by atoms with E-state index in [0.717, 1.165) is 52.0 Å². The van der Waals surface area contributed by atoms with E-state index in [1.165, 1.54) is 36.8 Å². The van der Waals surface area contributed by atoms with E-state index in [0.29, 0.717) is 6.04 Å². The molecule has 0 aromatic carbocycles. The number of nitrogens with one attached hydrogen (secondary N) is 1. The van der Waals surface area contributed by atoms with Crippen molar-refractivity contribution in [3.05, 3.63) is 11.1 Å². The Balaban J connectivity index is 1.30. The Labute approximate surface area is 142 Å². The summed E-state index contributed by atoms with van der Waals surface area (Å²) in [5.41, 5.74) is 1.25. The minimum absolute atomic E-state index is 0.0664. The van der Waals surface area contributed by atoms with Gasteiger partial charge in [0, 0.05) is 50.9 Å². The summed E-state index contributed by atoms with van der Waals surface area (Å²) in [5, 5.41) is 7.13. The maximum absolute atomic E-state index is 6.12. The molecule has 0 bridgehead atoms. The number of anilines is 1. The van der Waals surface area contributed by atoms with Crippen molar-refractivity contribution in [2.24, 2.45) is 0 Å². The minimum atomic E-state index is 0.0664. The molecule has 5 nitrogen and oxygen atoms in total. The average molecular weight is 337 g/mol. The van der Waals surface area contributed by atoms with Gasteiger partial charge in [-0.2, -0.15) is 0 Å². The van der Waals surface area contributed by atoms with E-state index < -0.39 is 0 Å². The molecule has 128 valence electrons. The van der Waals surface area contributed by atoms with Gasteiger partial charge in [-0.3, -0.25) is 0 Å². The van der Waals surface area contributed by atoms with Crippen LogP contribution in [0.3, 0.4) is 0 Å². The lowest BCUT2D eigenvalue weighted by Crippen LogP contribution is -2.49. The van der Waals surface area contributed by atoms with E-state index in [1.54, 1.807) is 11.3 Å². The van der Waals surface area contributed by atoms with Gasteiger partial charge in [0.15, 0.2) is 5.13 Å². The Morgan fingerprint density at radius 3 is 2.91 bits per heavy atom. The third-order valence-electron chi connectivity index (χ3n) is 5.39. The molecule has 0 radical (unpaired) electrons. The maximum Gasteiger partial charge on any atom is 0.185 e. The highest BCUT2D eigenvalue weighted by Crippen LogP contribution is 2.34. The summed E-state index contributed by atoms with van der Waals surface area (Å²) in [4.78, 5) is 7.23. The van der Waals surface area contributed by atoms with E-state index in [9.17, 15) is 0 Å². The van der Waals surface area contributed by atoms with E-state index in [4.69, 9.17) is 14.5 Å². The highest BCUT2D eigenvalue weighted by molar-refractivity contribution is 7.13. The summed E-state index contributed by atoms with van der Waals surface area (Å²) < 4.78 is 11.6. The van der Waals surface area contributed by atoms with E-state index in [1.807, 2.05) is 0 Å². The molecule has 3 aliphatic rings. The van der Waals surface area contributed by atoms with E-state index >= 15 is 0 Å². The highest BCUT2D eigenvalue weighted by atomic mass is 32.1. The number of hydrogen-bond acceptors (Lipinski definition) is 6. The lowest BCUT2D eigenvalue weighted by molar-refractivity contribution is -0.140. The molecule has 3 fully saturated rings. The van der Waals surface area contributed by atoms with Crippen molar-refractivity contribution in [2.75, 3.05) is 37.8 Å². The zero-order valence-electron chi connectivity index (χ0n) is 13.8. The quantitative estimate of drug-likeness (QED) is 0.915. The van der Waals surface area contributed by atoms with Crippen molar-refractivity contribution in [1.29, 1.82) is 0 Å². The fraction of sp³-hybridized carbons (Fsp3) is 0.824. The first kappa shape index (κ1) is 15.8. The minimum Gasteiger partial charge on any atom is -0.381 e. The van der Waals surface area contributed by atoms with Crippen LogP contribution < -0.4 is 10.2 Å². The maximum atomic E-state index is 6.12. The van der Waals surface area contributed by atoms with Crippen molar-refractivity contribution in [1.82, 2.24) is 10.3 Å². The van der Waals surface area contributed by atoms with Gasteiger partial charge in [0.2, 0.25) is 0 Å². The second-order valence-electron chi connectivity index (χ2n) is 7.03.